The highest BCUT2D eigenvalue weighted by atomic mass is 35.5. The molecule has 130 valence electrons. The van der Waals surface area contributed by atoms with Gasteiger partial charge in [0, 0.05) is 10.3 Å². The molecule has 2 N–H and O–H groups in total. The quantitative estimate of drug-likeness (QED) is 0.424. The fraction of sp³-hybridized carbons (Fsp3) is 0.0500. The fourth-order valence-corrected chi connectivity index (χ4v) is 4.04. The van der Waals surface area contributed by atoms with Gasteiger partial charge in [-0.2, -0.15) is 0 Å². The summed E-state index contributed by atoms with van der Waals surface area (Å²) in [7, 11) is 0. The van der Waals surface area contributed by atoms with Gasteiger partial charge in [-0.1, -0.05) is 59.6 Å². The summed E-state index contributed by atoms with van der Waals surface area (Å²) in [4.78, 5) is 16.7. The average molecular weight is 401 g/mol. The van der Waals surface area contributed by atoms with E-state index in [4.69, 9.17) is 23.2 Å². The maximum Gasteiger partial charge on any atom is 0.269 e. The Kier molecular flexibility index (Phi) is 4.72. The summed E-state index contributed by atoms with van der Waals surface area (Å²) in [6.45, 7) is 0.463. The first kappa shape index (κ1) is 17.2. The van der Waals surface area contributed by atoms with Crippen molar-refractivity contribution in [3.8, 4) is 11.1 Å². The highest BCUT2D eigenvalue weighted by molar-refractivity contribution is 7.09. The molecule has 0 bridgehead atoms. The van der Waals surface area contributed by atoms with E-state index in [1.807, 2.05) is 60.0 Å². The van der Waals surface area contributed by atoms with Crippen molar-refractivity contribution in [2.24, 2.45) is 0 Å². The number of thiophene rings is 1. The maximum absolute atomic E-state index is 12.5. The van der Waals surface area contributed by atoms with E-state index in [9.17, 15) is 4.79 Å². The lowest BCUT2D eigenvalue weighted by Crippen LogP contribution is -2.22. The summed E-state index contributed by atoms with van der Waals surface area (Å²) in [5.74, 6) is -0.253. The van der Waals surface area contributed by atoms with Gasteiger partial charge in [0.05, 0.1) is 22.1 Å². The molecule has 0 saturated carbocycles. The minimum atomic E-state index is -0.253. The number of rotatable bonds is 4. The van der Waals surface area contributed by atoms with Crippen LogP contribution in [0.15, 0.2) is 60.0 Å². The highest BCUT2D eigenvalue weighted by Crippen LogP contribution is 2.36. The van der Waals surface area contributed by atoms with Gasteiger partial charge in [0.25, 0.3) is 5.91 Å². The molecule has 1 amide bonds. The largest absolute Gasteiger partial charge is 0.348 e. The number of H-pyrrole nitrogens is 1. The standard InChI is InChI=1S/C20H14Cl2N2OS/c21-16-10-13(12-5-2-1-3-6-12)9-15-17(22)19(24-18(15)16)20(25)23-11-14-7-4-8-26-14/h1-10,24H,11H2,(H,23,25). The second kappa shape index (κ2) is 7.16. The van der Waals surface area contributed by atoms with E-state index >= 15 is 0 Å². The van der Waals surface area contributed by atoms with Crippen LogP contribution in [0.25, 0.3) is 22.0 Å². The number of carbonyl (C=O) groups excluding carboxylic acids is 1. The molecule has 0 aliphatic heterocycles. The summed E-state index contributed by atoms with van der Waals surface area (Å²) in [6, 6.07) is 17.7. The molecule has 2 aromatic carbocycles. The molecule has 0 radical (unpaired) electrons. The maximum atomic E-state index is 12.5. The average Bonchev–Trinajstić information content (AvgIpc) is 3.29. The van der Waals surface area contributed by atoms with E-state index in [1.54, 1.807) is 11.3 Å². The molecular weight excluding hydrogens is 387 g/mol. The van der Waals surface area contributed by atoms with Gasteiger partial charge in [-0.05, 0) is 34.7 Å². The van der Waals surface area contributed by atoms with E-state index in [0.29, 0.717) is 27.8 Å². The SMILES string of the molecule is O=C(NCc1cccs1)c1[nH]c2c(Cl)cc(-c3ccccc3)cc2c1Cl. The van der Waals surface area contributed by atoms with Crippen LogP contribution in [-0.2, 0) is 6.54 Å². The predicted molar refractivity (Wildman–Crippen MR) is 109 cm³/mol. The van der Waals surface area contributed by atoms with E-state index in [1.165, 1.54) is 0 Å². The third-order valence-corrected chi connectivity index (χ3v) is 5.70. The predicted octanol–water partition coefficient (Wildman–Crippen LogP) is 6.13. The van der Waals surface area contributed by atoms with Gasteiger partial charge in [0.1, 0.15) is 5.69 Å². The Labute approximate surface area is 164 Å². The van der Waals surface area contributed by atoms with Gasteiger partial charge in [0.2, 0.25) is 0 Å². The number of amides is 1. The summed E-state index contributed by atoms with van der Waals surface area (Å²) >= 11 is 14.5. The molecular formula is C20H14Cl2N2OS. The number of halogens is 2. The van der Waals surface area contributed by atoms with Gasteiger partial charge in [-0.15, -0.1) is 11.3 Å². The van der Waals surface area contributed by atoms with Crippen molar-refractivity contribution < 1.29 is 4.79 Å². The normalized spacial score (nSPS) is 11.0. The lowest BCUT2D eigenvalue weighted by atomic mass is 10.0. The molecule has 0 unspecified atom stereocenters. The van der Waals surface area contributed by atoms with Gasteiger partial charge in [-0.3, -0.25) is 4.79 Å². The molecule has 0 spiro atoms. The minimum Gasteiger partial charge on any atom is -0.348 e. The van der Waals surface area contributed by atoms with Crippen molar-refractivity contribution in [3.05, 3.63) is 80.6 Å². The summed E-state index contributed by atoms with van der Waals surface area (Å²) < 4.78 is 0. The molecule has 4 aromatic rings. The number of hydrogen-bond acceptors (Lipinski definition) is 2. The molecule has 3 nitrogen and oxygen atoms in total. The molecule has 0 aliphatic rings. The molecule has 0 fully saturated rings. The summed E-state index contributed by atoms with van der Waals surface area (Å²) in [5.41, 5.74) is 2.98. The smallest absolute Gasteiger partial charge is 0.269 e. The number of aromatic nitrogens is 1. The monoisotopic (exact) mass is 400 g/mol. The van der Waals surface area contributed by atoms with E-state index in [-0.39, 0.29) is 5.91 Å². The van der Waals surface area contributed by atoms with Crippen LogP contribution in [0.2, 0.25) is 10.0 Å². The lowest BCUT2D eigenvalue weighted by Gasteiger charge is -2.03. The van der Waals surface area contributed by atoms with Crippen molar-refractivity contribution in [2.45, 2.75) is 6.54 Å². The van der Waals surface area contributed by atoms with Gasteiger partial charge < -0.3 is 10.3 Å². The molecule has 0 saturated heterocycles. The van der Waals surface area contributed by atoms with E-state index in [2.05, 4.69) is 10.3 Å². The first-order valence-electron chi connectivity index (χ1n) is 8.00. The Balaban J connectivity index is 1.70. The fourth-order valence-electron chi connectivity index (χ4n) is 2.84. The molecule has 2 aromatic heterocycles. The zero-order valence-electron chi connectivity index (χ0n) is 13.6. The minimum absolute atomic E-state index is 0.253. The molecule has 4 rings (SSSR count). The Hall–Kier alpha value is -2.27. The molecule has 2 heterocycles. The van der Waals surface area contributed by atoms with E-state index in [0.717, 1.165) is 21.4 Å². The van der Waals surface area contributed by atoms with Gasteiger partial charge in [0.15, 0.2) is 0 Å². The number of aromatic amines is 1. The van der Waals surface area contributed by atoms with Crippen LogP contribution in [-0.4, -0.2) is 10.9 Å². The zero-order chi connectivity index (χ0) is 18.1. The van der Waals surface area contributed by atoms with Crippen LogP contribution in [0, 0.1) is 0 Å². The van der Waals surface area contributed by atoms with Crippen molar-refractivity contribution in [1.29, 1.82) is 0 Å². The van der Waals surface area contributed by atoms with Crippen LogP contribution in [0.4, 0.5) is 0 Å². The molecule has 0 atom stereocenters. The van der Waals surface area contributed by atoms with Crippen LogP contribution < -0.4 is 5.32 Å². The first-order valence-corrected chi connectivity index (χ1v) is 9.64. The Morgan fingerprint density at radius 3 is 2.58 bits per heavy atom. The first-order chi connectivity index (χ1) is 12.6. The number of benzene rings is 2. The second-order valence-corrected chi connectivity index (χ2v) is 7.64. The molecule has 6 heteroatoms. The number of nitrogens with one attached hydrogen (secondary N) is 2. The van der Waals surface area contributed by atoms with Crippen LogP contribution in [0.3, 0.4) is 0 Å². The van der Waals surface area contributed by atoms with Crippen LogP contribution in [0.1, 0.15) is 15.4 Å². The number of carbonyl (C=O) groups is 1. The third-order valence-electron chi connectivity index (χ3n) is 4.13. The lowest BCUT2D eigenvalue weighted by molar-refractivity contribution is 0.0947. The van der Waals surface area contributed by atoms with Gasteiger partial charge in [-0.25, -0.2) is 0 Å². The Bertz CT molecular complexity index is 1070. The Morgan fingerprint density at radius 1 is 1.04 bits per heavy atom. The Morgan fingerprint density at radius 2 is 1.85 bits per heavy atom. The van der Waals surface area contributed by atoms with Crippen molar-refractivity contribution >= 4 is 51.3 Å². The number of hydrogen-bond donors (Lipinski definition) is 2. The van der Waals surface area contributed by atoms with Crippen molar-refractivity contribution in [2.75, 3.05) is 0 Å². The van der Waals surface area contributed by atoms with Crippen molar-refractivity contribution in [1.82, 2.24) is 10.3 Å². The van der Waals surface area contributed by atoms with Crippen molar-refractivity contribution in [3.63, 3.8) is 0 Å². The topological polar surface area (TPSA) is 44.9 Å². The van der Waals surface area contributed by atoms with Gasteiger partial charge >= 0.3 is 0 Å². The third kappa shape index (κ3) is 3.23. The number of fused-ring (bicyclic) bond motifs is 1. The zero-order valence-corrected chi connectivity index (χ0v) is 15.9. The molecule has 26 heavy (non-hydrogen) atoms. The van der Waals surface area contributed by atoms with Crippen LogP contribution >= 0.6 is 34.5 Å². The summed E-state index contributed by atoms with van der Waals surface area (Å²) in [5, 5.41) is 6.50. The van der Waals surface area contributed by atoms with E-state index < -0.39 is 0 Å². The summed E-state index contributed by atoms with van der Waals surface area (Å²) in [6.07, 6.45) is 0. The van der Waals surface area contributed by atoms with Crippen LogP contribution in [0.5, 0.6) is 0 Å². The molecule has 0 aliphatic carbocycles. The second-order valence-electron chi connectivity index (χ2n) is 5.82. The highest BCUT2D eigenvalue weighted by Gasteiger charge is 2.19.